The standard InChI is InChI=1S/C21H27N3OS/c1-13-7-8-18-17(9-13)14(2)11-21(5,6)24(18)19(25)12-26-20-22-15(3)10-16(4)23-20/h7-10,14H,11-12H2,1-6H3. The van der Waals surface area contributed by atoms with Gasteiger partial charge in [0.2, 0.25) is 5.91 Å². The number of rotatable bonds is 3. The molecule has 1 aliphatic heterocycles. The zero-order valence-electron chi connectivity index (χ0n) is 16.5. The number of nitrogens with zero attached hydrogens (tertiary/aromatic N) is 3. The SMILES string of the molecule is Cc1ccc2c(c1)C(C)CC(C)(C)N2C(=O)CSc1nc(C)cc(C)n1. The molecular formula is C21H27N3OS. The van der Waals surface area contributed by atoms with Gasteiger partial charge in [0.25, 0.3) is 0 Å². The van der Waals surface area contributed by atoms with Gasteiger partial charge >= 0.3 is 0 Å². The molecule has 4 nitrogen and oxygen atoms in total. The molecule has 1 aromatic heterocycles. The van der Waals surface area contributed by atoms with Crippen LogP contribution in [-0.4, -0.2) is 27.2 Å². The number of benzene rings is 1. The fourth-order valence-corrected chi connectivity index (χ4v) is 4.77. The molecule has 0 fully saturated rings. The van der Waals surface area contributed by atoms with Gasteiger partial charge in [-0.05, 0) is 64.7 Å². The Balaban J connectivity index is 1.86. The monoisotopic (exact) mass is 369 g/mol. The van der Waals surface area contributed by atoms with Crippen LogP contribution in [0.5, 0.6) is 0 Å². The van der Waals surface area contributed by atoms with Gasteiger partial charge in [-0.1, -0.05) is 36.4 Å². The van der Waals surface area contributed by atoms with Crippen LogP contribution in [0.25, 0.3) is 0 Å². The van der Waals surface area contributed by atoms with Crippen LogP contribution in [0.15, 0.2) is 29.4 Å². The second-order valence-electron chi connectivity index (χ2n) is 7.93. The van der Waals surface area contributed by atoms with Crippen molar-refractivity contribution in [3.8, 4) is 0 Å². The van der Waals surface area contributed by atoms with Gasteiger partial charge in [-0.3, -0.25) is 4.79 Å². The Hall–Kier alpha value is -1.88. The van der Waals surface area contributed by atoms with E-state index in [-0.39, 0.29) is 11.4 Å². The number of hydrogen-bond acceptors (Lipinski definition) is 4. The lowest BCUT2D eigenvalue weighted by Crippen LogP contribution is -2.52. The van der Waals surface area contributed by atoms with E-state index in [4.69, 9.17) is 0 Å². The highest BCUT2D eigenvalue weighted by molar-refractivity contribution is 7.99. The first-order valence-corrected chi connectivity index (χ1v) is 10.0. The predicted molar refractivity (Wildman–Crippen MR) is 108 cm³/mol. The highest BCUT2D eigenvalue weighted by Gasteiger charge is 2.39. The summed E-state index contributed by atoms with van der Waals surface area (Å²) in [6, 6.07) is 8.35. The molecule has 0 saturated carbocycles. The van der Waals surface area contributed by atoms with Gasteiger partial charge in [-0.15, -0.1) is 0 Å². The van der Waals surface area contributed by atoms with E-state index in [1.165, 1.54) is 22.9 Å². The van der Waals surface area contributed by atoms with Gasteiger partial charge in [-0.25, -0.2) is 9.97 Å². The highest BCUT2D eigenvalue weighted by Crippen LogP contribution is 2.43. The van der Waals surface area contributed by atoms with E-state index < -0.39 is 0 Å². The third-order valence-electron chi connectivity index (χ3n) is 4.90. The van der Waals surface area contributed by atoms with Crippen LogP contribution in [-0.2, 0) is 4.79 Å². The van der Waals surface area contributed by atoms with Crippen LogP contribution in [0.2, 0.25) is 0 Å². The Kier molecular flexibility index (Phi) is 5.11. The summed E-state index contributed by atoms with van der Waals surface area (Å²) >= 11 is 1.42. The fourth-order valence-electron chi connectivity index (χ4n) is 3.97. The molecule has 5 heteroatoms. The molecule has 2 heterocycles. The van der Waals surface area contributed by atoms with Crippen molar-refractivity contribution in [1.29, 1.82) is 0 Å². The third-order valence-corrected chi connectivity index (χ3v) is 5.73. The lowest BCUT2D eigenvalue weighted by Gasteiger charge is -2.46. The van der Waals surface area contributed by atoms with Crippen LogP contribution in [0.3, 0.4) is 0 Å². The van der Waals surface area contributed by atoms with Gasteiger partial charge in [0, 0.05) is 22.6 Å². The van der Waals surface area contributed by atoms with E-state index in [1.807, 2.05) is 24.8 Å². The molecule has 1 atom stereocenters. The summed E-state index contributed by atoms with van der Waals surface area (Å²) in [6.07, 6.45) is 0.958. The van der Waals surface area contributed by atoms with Crippen LogP contribution in [0.1, 0.15) is 55.6 Å². The minimum atomic E-state index is -0.206. The summed E-state index contributed by atoms with van der Waals surface area (Å²) < 4.78 is 0. The van der Waals surface area contributed by atoms with Crippen molar-refractivity contribution in [1.82, 2.24) is 9.97 Å². The Bertz CT molecular complexity index is 827. The molecule has 1 unspecified atom stereocenters. The number of aryl methyl sites for hydroxylation is 3. The maximum absolute atomic E-state index is 13.2. The number of thioether (sulfide) groups is 1. The fraction of sp³-hybridized carbons (Fsp3) is 0.476. The maximum Gasteiger partial charge on any atom is 0.237 e. The number of carbonyl (C=O) groups is 1. The molecule has 0 N–H and O–H groups in total. The lowest BCUT2D eigenvalue weighted by atomic mass is 9.79. The maximum atomic E-state index is 13.2. The molecule has 1 aromatic carbocycles. The van der Waals surface area contributed by atoms with Crippen LogP contribution < -0.4 is 4.90 Å². The van der Waals surface area contributed by atoms with Gasteiger partial charge in [0.05, 0.1) is 5.75 Å². The molecule has 138 valence electrons. The molecular weight excluding hydrogens is 342 g/mol. The first-order chi connectivity index (χ1) is 12.2. The van der Waals surface area contributed by atoms with Crippen LogP contribution >= 0.6 is 11.8 Å². The van der Waals surface area contributed by atoms with Gasteiger partial charge in [0.15, 0.2) is 5.16 Å². The number of anilines is 1. The summed E-state index contributed by atoms with van der Waals surface area (Å²) in [5.41, 5.74) is 5.21. The van der Waals surface area contributed by atoms with Crippen LogP contribution in [0, 0.1) is 20.8 Å². The predicted octanol–water partition coefficient (Wildman–Crippen LogP) is 4.81. The molecule has 0 aliphatic carbocycles. The molecule has 0 radical (unpaired) electrons. The third kappa shape index (κ3) is 3.78. The minimum Gasteiger partial charge on any atom is -0.306 e. The van der Waals surface area contributed by atoms with E-state index in [0.717, 1.165) is 23.5 Å². The Morgan fingerprint density at radius 2 is 1.85 bits per heavy atom. The first kappa shape index (κ1) is 18.9. The second-order valence-corrected chi connectivity index (χ2v) is 8.87. The minimum absolute atomic E-state index is 0.111. The number of aromatic nitrogens is 2. The van der Waals surface area contributed by atoms with Crippen molar-refractivity contribution in [2.45, 2.75) is 64.6 Å². The zero-order valence-corrected chi connectivity index (χ0v) is 17.3. The highest BCUT2D eigenvalue weighted by atomic mass is 32.2. The Morgan fingerprint density at radius 1 is 1.19 bits per heavy atom. The van der Waals surface area contributed by atoms with Gasteiger partial charge in [0.1, 0.15) is 0 Å². The smallest absolute Gasteiger partial charge is 0.237 e. The van der Waals surface area contributed by atoms with Crippen molar-refractivity contribution in [3.63, 3.8) is 0 Å². The molecule has 0 saturated heterocycles. The molecule has 2 aromatic rings. The van der Waals surface area contributed by atoms with E-state index >= 15 is 0 Å². The molecule has 1 amide bonds. The van der Waals surface area contributed by atoms with E-state index in [0.29, 0.717) is 16.8 Å². The molecule has 26 heavy (non-hydrogen) atoms. The summed E-state index contributed by atoms with van der Waals surface area (Å²) in [5.74, 6) is 0.896. The number of carbonyl (C=O) groups excluding carboxylic acids is 1. The van der Waals surface area contributed by atoms with Crippen molar-refractivity contribution < 1.29 is 4.79 Å². The average molecular weight is 370 g/mol. The lowest BCUT2D eigenvalue weighted by molar-refractivity contribution is -0.117. The summed E-state index contributed by atoms with van der Waals surface area (Å²) in [4.78, 5) is 24.0. The largest absolute Gasteiger partial charge is 0.306 e. The quantitative estimate of drug-likeness (QED) is 0.575. The number of amides is 1. The summed E-state index contributed by atoms with van der Waals surface area (Å²) in [5, 5.41) is 0.670. The molecule has 0 bridgehead atoms. The Morgan fingerprint density at radius 3 is 2.50 bits per heavy atom. The van der Waals surface area contributed by atoms with E-state index in [9.17, 15) is 4.79 Å². The van der Waals surface area contributed by atoms with Crippen LogP contribution in [0.4, 0.5) is 5.69 Å². The number of hydrogen-bond donors (Lipinski definition) is 0. The topological polar surface area (TPSA) is 46.1 Å². The van der Waals surface area contributed by atoms with Crippen molar-refractivity contribution >= 4 is 23.4 Å². The van der Waals surface area contributed by atoms with Gasteiger partial charge < -0.3 is 4.90 Å². The average Bonchev–Trinajstić information content (AvgIpc) is 2.52. The molecule has 3 rings (SSSR count). The number of fused-ring (bicyclic) bond motifs is 1. The first-order valence-electron chi connectivity index (χ1n) is 9.06. The zero-order chi connectivity index (χ0) is 19.1. The summed E-state index contributed by atoms with van der Waals surface area (Å²) in [7, 11) is 0. The van der Waals surface area contributed by atoms with E-state index in [2.05, 4.69) is 55.9 Å². The van der Waals surface area contributed by atoms with Crippen molar-refractivity contribution in [2.24, 2.45) is 0 Å². The normalized spacial score (nSPS) is 18.5. The van der Waals surface area contributed by atoms with Gasteiger partial charge in [-0.2, -0.15) is 0 Å². The summed E-state index contributed by atoms with van der Waals surface area (Å²) in [6.45, 7) is 12.6. The Labute approximate surface area is 160 Å². The molecule has 1 aliphatic rings. The van der Waals surface area contributed by atoms with Crippen molar-refractivity contribution in [2.75, 3.05) is 10.7 Å². The van der Waals surface area contributed by atoms with E-state index in [1.54, 1.807) is 0 Å². The second kappa shape index (κ2) is 7.03. The van der Waals surface area contributed by atoms with Crippen molar-refractivity contribution in [3.05, 3.63) is 46.8 Å². The molecule has 0 spiro atoms.